The molecule has 1 amide bonds. The predicted octanol–water partition coefficient (Wildman–Crippen LogP) is 3.04. The van der Waals surface area contributed by atoms with Gasteiger partial charge in [-0.15, -0.1) is 0 Å². The Hall–Kier alpha value is -2.40. The molecule has 0 saturated carbocycles. The summed E-state index contributed by atoms with van der Waals surface area (Å²) in [5, 5.41) is 10.5. The average molecular weight is 548 g/mol. The summed E-state index contributed by atoms with van der Waals surface area (Å²) in [6, 6.07) is 5.28. The number of fused-ring (bicyclic) bond motifs is 1. The van der Waals surface area contributed by atoms with E-state index in [0.29, 0.717) is 57.3 Å². The van der Waals surface area contributed by atoms with Crippen LogP contribution in [0.25, 0.3) is 0 Å². The second-order valence-electron chi connectivity index (χ2n) is 11.6. The molecule has 0 bridgehead atoms. The van der Waals surface area contributed by atoms with Gasteiger partial charge in [0.2, 0.25) is 12.7 Å². The lowest BCUT2D eigenvalue weighted by Gasteiger charge is -2.37. The summed E-state index contributed by atoms with van der Waals surface area (Å²) in [7, 11) is 0. The van der Waals surface area contributed by atoms with Gasteiger partial charge in [0.25, 0.3) is 0 Å². The van der Waals surface area contributed by atoms with Crippen LogP contribution in [0.2, 0.25) is 0 Å². The SMILES string of the molecule is CCCCN(CCCCN)C(=O)CN1C[C@H](c2ccc3c(c2)OCO3)C(C(=O)O)[C@@H]1CC(C)(C)C1OCCO1. The van der Waals surface area contributed by atoms with Crippen LogP contribution in [-0.4, -0.2) is 91.8 Å². The first-order valence-corrected chi connectivity index (χ1v) is 14.3. The third kappa shape index (κ3) is 7.03. The number of nitrogens with two attached hydrogens (primary N) is 1. The Kier molecular flexibility index (Phi) is 10.1. The number of carbonyl (C=O) groups is 2. The van der Waals surface area contributed by atoms with E-state index < -0.39 is 23.6 Å². The quantitative estimate of drug-likeness (QED) is 0.338. The Bertz CT molecular complexity index is 982. The number of hydrogen-bond acceptors (Lipinski definition) is 8. The topological polar surface area (TPSA) is 124 Å². The Labute approximate surface area is 231 Å². The van der Waals surface area contributed by atoms with Crippen LogP contribution in [0.3, 0.4) is 0 Å². The lowest BCUT2D eigenvalue weighted by Crippen LogP contribution is -2.47. The minimum Gasteiger partial charge on any atom is -0.481 e. The van der Waals surface area contributed by atoms with Crippen molar-refractivity contribution in [1.29, 1.82) is 0 Å². The number of ether oxygens (including phenoxy) is 4. The molecule has 0 radical (unpaired) electrons. The summed E-state index contributed by atoms with van der Waals surface area (Å²) in [5.41, 5.74) is 6.13. The lowest BCUT2D eigenvalue weighted by molar-refractivity contribution is -0.148. The highest BCUT2D eigenvalue weighted by molar-refractivity contribution is 5.79. The number of rotatable bonds is 14. The van der Waals surface area contributed by atoms with Gasteiger partial charge in [-0.2, -0.15) is 0 Å². The molecule has 0 aromatic heterocycles. The van der Waals surface area contributed by atoms with Crippen molar-refractivity contribution in [3.05, 3.63) is 23.8 Å². The van der Waals surface area contributed by atoms with Gasteiger partial charge in [-0.1, -0.05) is 33.3 Å². The van der Waals surface area contributed by atoms with Gasteiger partial charge in [0, 0.05) is 37.0 Å². The van der Waals surface area contributed by atoms with E-state index in [2.05, 4.69) is 25.7 Å². The number of carbonyl (C=O) groups excluding carboxylic acids is 1. The fraction of sp³-hybridized carbons (Fsp3) is 0.724. The summed E-state index contributed by atoms with van der Waals surface area (Å²) < 4.78 is 22.7. The zero-order valence-electron chi connectivity index (χ0n) is 23.6. The van der Waals surface area contributed by atoms with E-state index in [1.54, 1.807) is 0 Å². The number of likely N-dealkylation sites (tertiary alicyclic amines) is 1. The van der Waals surface area contributed by atoms with Crippen LogP contribution in [0.4, 0.5) is 0 Å². The maximum atomic E-state index is 13.7. The number of carboxylic acid groups (broad SMARTS) is 1. The fourth-order valence-electron chi connectivity index (χ4n) is 6.10. The number of aliphatic carboxylic acids is 1. The van der Waals surface area contributed by atoms with Crippen molar-refractivity contribution in [1.82, 2.24) is 9.80 Å². The Morgan fingerprint density at radius 1 is 1.10 bits per heavy atom. The number of carboxylic acids is 1. The third-order valence-corrected chi connectivity index (χ3v) is 8.21. The molecule has 1 unspecified atom stereocenters. The van der Waals surface area contributed by atoms with Gasteiger partial charge in [-0.05, 0) is 49.9 Å². The Morgan fingerprint density at radius 2 is 1.82 bits per heavy atom. The van der Waals surface area contributed by atoms with Crippen molar-refractivity contribution in [2.24, 2.45) is 17.1 Å². The first kappa shape index (κ1) is 29.6. The first-order chi connectivity index (χ1) is 18.7. The lowest BCUT2D eigenvalue weighted by atomic mass is 9.77. The van der Waals surface area contributed by atoms with E-state index >= 15 is 0 Å². The molecule has 1 aromatic carbocycles. The van der Waals surface area contributed by atoms with Crippen LogP contribution in [0.5, 0.6) is 11.5 Å². The maximum Gasteiger partial charge on any atom is 0.308 e. The average Bonchev–Trinajstić information content (AvgIpc) is 3.66. The number of amides is 1. The molecule has 2 fully saturated rings. The van der Waals surface area contributed by atoms with E-state index in [9.17, 15) is 14.7 Å². The summed E-state index contributed by atoms with van der Waals surface area (Å²) in [5.74, 6) is -0.563. The zero-order chi connectivity index (χ0) is 28.0. The molecule has 0 spiro atoms. The summed E-state index contributed by atoms with van der Waals surface area (Å²) in [6.45, 7) is 10.0. The van der Waals surface area contributed by atoms with E-state index in [1.165, 1.54) is 0 Å². The minimum absolute atomic E-state index is 0.0344. The highest BCUT2D eigenvalue weighted by atomic mass is 16.7. The molecule has 3 atom stereocenters. The first-order valence-electron chi connectivity index (χ1n) is 14.3. The van der Waals surface area contributed by atoms with Crippen molar-refractivity contribution in [2.45, 2.75) is 71.1 Å². The normalized spacial score (nSPS) is 23.4. The van der Waals surface area contributed by atoms with Crippen molar-refractivity contribution >= 4 is 11.9 Å². The number of unbranched alkanes of at least 4 members (excludes halogenated alkanes) is 2. The second kappa shape index (κ2) is 13.3. The summed E-state index contributed by atoms with van der Waals surface area (Å²) >= 11 is 0. The van der Waals surface area contributed by atoms with Crippen LogP contribution >= 0.6 is 0 Å². The Balaban J connectivity index is 1.61. The molecular weight excluding hydrogens is 502 g/mol. The van der Waals surface area contributed by atoms with Crippen molar-refractivity contribution < 1.29 is 33.6 Å². The molecule has 3 aliphatic rings. The minimum atomic E-state index is -0.868. The van der Waals surface area contributed by atoms with Crippen LogP contribution in [0, 0.1) is 11.3 Å². The molecule has 39 heavy (non-hydrogen) atoms. The number of benzene rings is 1. The van der Waals surface area contributed by atoms with Crippen LogP contribution < -0.4 is 15.2 Å². The molecule has 10 heteroatoms. The van der Waals surface area contributed by atoms with Crippen molar-refractivity contribution in [3.8, 4) is 11.5 Å². The van der Waals surface area contributed by atoms with Crippen LogP contribution in [-0.2, 0) is 19.1 Å². The molecule has 3 heterocycles. The highest BCUT2D eigenvalue weighted by Gasteiger charge is 2.50. The van der Waals surface area contributed by atoms with Gasteiger partial charge in [0.1, 0.15) is 0 Å². The molecule has 3 aliphatic heterocycles. The van der Waals surface area contributed by atoms with Gasteiger partial charge in [-0.25, -0.2) is 0 Å². The van der Waals surface area contributed by atoms with Gasteiger partial charge in [0.15, 0.2) is 17.8 Å². The molecule has 10 nitrogen and oxygen atoms in total. The van der Waals surface area contributed by atoms with Gasteiger partial charge < -0.3 is 34.7 Å². The maximum absolute atomic E-state index is 13.7. The van der Waals surface area contributed by atoms with Crippen LogP contribution in [0.15, 0.2) is 18.2 Å². The van der Waals surface area contributed by atoms with E-state index in [-0.39, 0.29) is 31.2 Å². The summed E-state index contributed by atoms with van der Waals surface area (Å²) in [4.78, 5) is 30.5. The molecule has 2 saturated heterocycles. The number of hydrogen-bond donors (Lipinski definition) is 2. The smallest absolute Gasteiger partial charge is 0.308 e. The standard InChI is InChI=1S/C29H45N3O7/c1-4-5-11-31(12-7-6-10-30)25(33)18-32-17-21(20-8-9-23-24(15-20)39-19-38-23)26(27(34)35)22(32)16-29(2,3)28-36-13-14-37-28/h8-9,15,21-22,26,28H,4-7,10-14,16-19,30H2,1-3H3,(H,34,35)/t21-,22+,26?/m1/s1. The monoisotopic (exact) mass is 547 g/mol. The van der Waals surface area contributed by atoms with Gasteiger partial charge in [-0.3, -0.25) is 14.5 Å². The van der Waals surface area contributed by atoms with Gasteiger partial charge >= 0.3 is 5.97 Å². The molecular formula is C29H45N3O7. The summed E-state index contributed by atoms with van der Waals surface area (Å²) in [6.07, 6.45) is 3.76. The number of nitrogens with zero attached hydrogens (tertiary/aromatic N) is 2. The van der Waals surface area contributed by atoms with Gasteiger partial charge in [0.05, 0.1) is 25.7 Å². The largest absolute Gasteiger partial charge is 0.481 e. The molecule has 4 rings (SSSR count). The van der Waals surface area contributed by atoms with Crippen molar-refractivity contribution in [3.63, 3.8) is 0 Å². The Morgan fingerprint density at radius 3 is 2.51 bits per heavy atom. The predicted molar refractivity (Wildman–Crippen MR) is 146 cm³/mol. The van der Waals surface area contributed by atoms with Crippen LogP contribution in [0.1, 0.15) is 64.4 Å². The highest BCUT2D eigenvalue weighted by Crippen LogP contribution is 2.46. The zero-order valence-corrected chi connectivity index (χ0v) is 23.6. The van der Waals surface area contributed by atoms with Crippen molar-refractivity contribution in [2.75, 3.05) is 52.7 Å². The molecule has 218 valence electrons. The molecule has 3 N–H and O–H groups in total. The molecule has 1 aromatic rings. The second-order valence-corrected chi connectivity index (χ2v) is 11.6. The fourth-order valence-corrected chi connectivity index (χ4v) is 6.10. The molecule has 0 aliphatic carbocycles. The van der Waals surface area contributed by atoms with E-state index in [4.69, 9.17) is 24.7 Å². The van der Waals surface area contributed by atoms with E-state index in [1.807, 2.05) is 23.1 Å². The third-order valence-electron chi connectivity index (χ3n) is 8.21. The van der Waals surface area contributed by atoms with E-state index in [0.717, 1.165) is 31.2 Å².